The molecule has 0 bridgehead atoms. The Labute approximate surface area is 183 Å². The minimum absolute atomic E-state index is 0.0843. The van der Waals surface area contributed by atoms with Crippen LogP contribution in [0.25, 0.3) is 0 Å². The lowest BCUT2D eigenvalue weighted by Gasteiger charge is -2.35. The zero-order valence-corrected chi connectivity index (χ0v) is 18.0. The van der Waals surface area contributed by atoms with E-state index in [4.69, 9.17) is 9.84 Å². The summed E-state index contributed by atoms with van der Waals surface area (Å²) in [4.78, 5) is 14.9. The van der Waals surface area contributed by atoms with Gasteiger partial charge in [0.2, 0.25) is 0 Å². The van der Waals surface area contributed by atoms with Crippen molar-refractivity contribution in [2.24, 2.45) is 5.92 Å². The molecule has 0 aliphatic carbocycles. The maximum atomic E-state index is 13.3. The van der Waals surface area contributed by atoms with Crippen molar-refractivity contribution in [1.82, 2.24) is 15.5 Å². The summed E-state index contributed by atoms with van der Waals surface area (Å²) in [6, 6.07) is 13.9. The van der Waals surface area contributed by atoms with Gasteiger partial charge in [-0.25, -0.2) is 9.18 Å². The Bertz CT molecular complexity index is 808. The van der Waals surface area contributed by atoms with Crippen LogP contribution in [0.3, 0.4) is 0 Å². The number of carbonyl (C=O) groups is 1. The van der Waals surface area contributed by atoms with Crippen molar-refractivity contribution in [3.63, 3.8) is 0 Å². The van der Waals surface area contributed by atoms with E-state index in [1.54, 1.807) is 12.1 Å². The van der Waals surface area contributed by atoms with Crippen LogP contribution in [0.2, 0.25) is 0 Å². The van der Waals surface area contributed by atoms with Crippen molar-refractivity contribution >= 4 is 6.03 Å². The van der Waals surface area contributed by atoms with Crippen LogP contribution in [0.15, 0.2) is 48.5 Å². The highest BCUT2D eigenvalue weighted by Gasteiger charge is 2.25. The fourth-order valence-electron chi connectivity index (χ4n) is 3.55. The maximum Gasteiger partial charge on any atom is 0.318 e. The molecule has 1 atom stereocenters. The number of hydrogen-bond donors (Lipinski definition) is 3. The van der Waals surface area contributed by atoms with Gasteiger partial charge in [0, 0.05) is 31.7 Å². The number of amides is 2. The third kappa shape index (κ3) is 7.22. The fraction of sp³-hybridized carbons (Fsp3) is 0.458. The Morgan fingerprint density at radius 2 is 1.81 bits per heavy atom. The molecule has 168 valence electrons. The summed E-state index contributed by atoms with van der Waals surface area (Å²) in [6.45, 7) is 5.10. The van der Waals surface area contributed by atoms with Gasteiger partial charge in [-0.3, -0.25) is 0 Å². The van der Waals surface area contributed by atoms with E-state index in [9.17, 15) is 9.18 Å². The summed E-state index contributed by atoms with van der Waals surface area (Å²) in [5.41, 5.74) is 1.89. The second kappa shape index (κ2) is 11.7. The van der Waals surface area contributed by atoms with E-state index in [1.807, 2.05) is 36.1 Å². The van der Waals surface area contributed by atoms with Crippen LogP contribution in [0.1, 0.15) is 30.9 Å². The lowest BCUT2D eigenvalue weighted by molar-refractivity contribution is 0.154. The quantitative estimate of drug-likeness (QED) is 0.572. The molecule has 31 heavy (non-hydrogen) atoms. The molecule has 2 amide bonds. The molecule has 1 aliphatic rings. The highest BCUT2D eigenvalue weighted by molar-refractivity contribution is 5.74. The second-order valence-corrected chi connectivity index (χ2v) is 8.14. The number of ether oxygens (including phenoxy) is 1. The SMILES string of the molecule is CC(CO)COc1ccc(CNC(=O)N(Cc2ccc(F)cc2)C2CCNCC2)cc1. The molecule has 0 spiro atoms. The average molecular weight is 430 g/mol. The number of nitrogens with zero attached hydrogens (tertiary/aromatic N) is 1. The molecule has 3 rings (SSSR count). The van der Waals surface area contributed by atoms with Crippen molar-refractivity contribution in [2.75, 3.05) is 26.3 Å². The number of nitrogens with one attached hydrogen (secondary N) is 2. The molecule has 3 N–H and O–H groups in total. The van der Waals surface area contributed by atoms with Crippen LogP contribution in [0.4, 0.5) is 9.18 Å². The van der Waals surface area contributed by atoms with Gasteiger partial charge in [0.25, 0.3) is 0 Å². The standard InChI is InChI=1S/C24H32FN3O3/c1-18(16-29)17-31-23-8-4-19(5-9-23)14-27-24(30)28(22-10-12-26-13-11-22)15-20-2-6-21(25)7-3-20/h2-9,18,22,26,29H,10-17H2,1H3,(H,27,30). The molecule has 1 aliphatic heterocycles. The lowest BCUT2D eigenvalue weighted by atomic mass is 10.0. The summed E-state index contributed by atoms with van der Waals surface area (Å²) >= 11 is 0. The minimum atomic E-state index is -0.278. The summed E-state index contributed by atoms with van der Waals surface area (Å²) in [5.74, 6) is 0.545. The van der Waals surface area contributed by atoms with E-state index in [-0.39, 0.29) is 30.4 Å². The van der Waals surface area contributed by atoms with Crippen LogP contribution in [-0.4, -0.2) is 48.4 Å². The Hall–Kier alpha value is -2.64. The van der Waals surface area contributed by atoms with Gasteiger partial charge >= 0.3 is 6.03 Å². The number of aliphatic hydroxyl groups excluding tert-OH is 1. The van der Waals surface area contributed by atoms with Gasteiger partial charge in [-0.1, -0.05) is 31.2 Å². The van der Waals surface area contributed by atoms with Crippen LogP contribution >= 0.6 is 0 Å². The van der Waals surface area contributed by atoms with Gasteiger partial charge in [-0.2, -0.15) is 0 Å². The number of aliphatic hydroxyl groups is 1. The zero-order valence-electron chi connectivity index (χ0n) is 18.0. The second-order valence-electron chi connectivity index (χ2n) is 8.14. The van der Waals surface area contributed by atoms with Gasteiger partial charge in [-0.15, -0.1) is 0 Å². The smallest absolute Gasteiger partial charge is 0.318 e. The Morgan fingerprint density at radius 1 is 1.16 bits per heavy atom. The van der Waals surface area contributed by atoms with E-state index < -0.39 is 0 Å². The molecule has 7 heteroatoms. The average Bonchev–Trinajstić information content (AvgIpc) is 2.81. The molecule has 6 nitrogen and oxygen atoms in total. The molecule has 1 heterocycles. The zero-order chi connectivity index (χ0) is 22.1. The lowest BCUT2D eigenvalue weighted by Crippen LogP contribution is -2.49. The van der Waals surface area contributed by atoms with Crippen molar-refractivity contribution in [3.8, 4) is 5.75 Å². The molecule has 0 aromatic heterocycles. The third-order valence-corrected chi connectivity index (χ3v) is 5.49. The Kier molecular flexibility index (Phi) is 8.67. The van der Waals surface area contributed by atoms with Crippen molar-refractivity contribution in [1.29, 1.82) is 0 Å². The number of halogens is 1. The van der Waals surface area contributed by atoms with Crippen molar-refractivity contribution in [3.05, 3.63) is 65.5 Å². The first-order valence-electron chi connectivity index (χ1n) is 10.9. The first-order valence-corrected chi connectivity index (χ1v) is 10.9. The monoisotopic (exact) mass is 429 g/mol. The fourth-order valence-corrected chi connectivity index (χ4v) is 3.55. The number of piperidine rings is 1. The van der Waals surface area contributed by atoms with Crippen LogP contribution in [-0.2, 0) is 13.1 Å². The van der Waals surface area contributed by atoms with Crippen molar-refractivity contribution in [2.45, 2.75) is 38.9 Å². The van der Waals surface area contributed by atoms with Gasteiger partial charge in [-0.05, 0) is 61.3 Å². The van der Waals surface area contributed by atoms with Gasteiger partial charge in [0.1, 0.15) is 11.6 Å². The highest BCUT2D eigenvalue weighted by atomic mass is 19.1. The summed E-state index contributed by atoms with van der Waals surface area (Å²) in [7, 11) is 0. The van der Waals surface area contributed by atoms with Crippen molar-refractivity contribution < 1.29 is 19.0 Å². The molecular formula is C24H32FN3O3. The number of hydrogen-bond acceptors (Lipinski definition) is 4. The van der Waals surface area contributed by atoms with Crippen LogP contribution in [0, 0.1) is 11.7 Å². The van der Waals surface area contributed by atoms with Gasteiger partial charge < -0.3 is 25.4 Å². The molecule has 0 radical (unpaired) electrons. The molecule has 2 aromatic rings. The van der Waals surface area contributed by atoms with E-state index in [1.165, 1.54) is 12.1 Å². The largest absolute Gasteiger partial charge is 0.493 e. The number of rotatable bonds is 9. The predicted molar refractivity (Wildman–Crippen MR) is 118 cm³/mol. The molecular weight excluding hydrogens is 397 g/mol. The summed E-state index contributed by atoms with van der Waals surface area (Å²) < 4.78 is 18.9. The maximum absolute atomic E-state index is 13.3. The van der Waals surface area contributed by atoms with E-state index in [0.717, 1.165) is 42.8 Å². The Morgan fingerprint density at radius 3 is 2.45 bits per heavy atom. The molecule has 2 aromatic carbocycles. The van der Waals surface area contributed by atoms with E-state index in [0.29, 0.717) is 19.7 Å². The first-order chi connectivity index (χ1) is 15.0. The van der Waals surface area contributed by atoms with Gasteiger partial charge in [0.05, 0.1) is 6.61 Å². The number of carbonyl (C=O) groups excluding carboxylic acids is 1. The molecule has 0 saturated carbocycles. The van der Waals surface area contributed by atoms with Gasteiger partial charge in [0.15, 0.2) is 0 Å². The molecule has 1 unspecified atom stereocenters. The van der Waals surface area contributed by atoms with Crippen LogP contribution in [0.5, 0.6) is 5.75 Å². The summed E-state index contributed by atoms with van der Waals surface area (Å²) in [6.07, 6.45) is 1.79. The Balaban J connectivity index is 1.58. The normalized spacial score (nSPS) is 15.3. The first kappa shape index (κ1) is 23.0. The highest BCUT2D eigenvalue weighted by Crippen LogP contribution is 2.17. The molecule has 1 fully saturated rings. The minimum Gasteiger partial charge on any atom is -0.493 e. The third-order valence-electron chi connectivity index (χ3n) is 5.49. The van der Waals surface area contributed by atoms with E-state index >= 15 is 0 Å². The topological polar surface area (TPSA) is 73.8 Å². The number of urea groups is 1. The predicted octanol–water partition coefficient (Wildman–Crippen LogP) is 3.30. The summed E-state index contributed by atoms with van der Waals surface area (Å²) in [5, 5.41) is 15.4. The molecule has 1 saturated heterocycles. The van der Waals surface area contributed by atoms with Crippen LogP contribution < -0.4 is 15.4 Å². The van der Waals surface area contributed by atoms with E-state index in [2.05, 4.69) is 10.6 Å². The number of benzene rings is 2.